The molecule has 2 aromatic carbocycles. The molecule has 0 heterocycles. The Morgan fingerprint density at radius 3 is 2.09 bits per heavy atom. The van der Waals surface area contributed by atoms with Crippen LogP contribution in [0.3, 0.4) is 0 Å². The lowest BCUT2D eigenvalue weighted by molar-refractivity contribution is 0.0990. The van der Waals surface area contributed by atoms with Gasteiger partial charge in [0.2, 0.25) is 0 Å². The third-order valence-electron chi connectivity index (χ3n) is 3.50. The first kappa shape index (κ1) is 15.8. The van der Waals surface area contributed by atoms with Gasteiger partial charge >= 0.3 is 0 Å². The summed E-state index contributed by atoms with van der Waals surface area (Å²) in [6, 6.07) is 12.2. The number of benzene rings is 2. The van der Waals surface area contributed by atoms with E-state index >= 15 is 0 Å². The standard InChI is InChI=1S/C18H19NO3/c1-12(20)16-10-9-15(22-4)11-17(16)18(21)13-5-7-14(8-6-13)19(2)3/h5-11H,1-4H3. The molecule has 0 atom stereocenters. The smallest absolute Gasteiger partial charge is 0.193 e. The number of hydrogen-bond donors (Lipinski definition) is 0. The van der Waals surface area contributed by atoms with E-state index in [0.29, 0.717) is 22.4 Å². The Morgan fingerprint density at radius 2 is 1.59 bits per heavy atom. The Labute approximate surface area is 130 Å². The van der Waals surface area contributed by atoms with Crippen molar-refractivity contribution in [2.45, 2.75) is 6.92 Å². The molecule has 4 nitrogen and oxygen atoms in total. The quantitative estimate of drug-likeness (QED) is 0.795. The fourth-order valence-corrected chi connectivity index (χ4v) is 2.21. The molecule has 0 bridgehead atoms. The average Bonchev–Trinajstić information content (AvgIpc) is 2.53. The molecule has 0 aliphatic heterocycles. The molecule has 0 aliphatic carbocycles. The van der Waals surface area contributed by atoms with Gasteiger partial charge in [0.25, 0.3) is 0 Å². The highest BCUT2D eigenvalue weighted by Crippen LogP contribution is 2.22. The van der Waals surface area contributed by atoms with Crippen LogP contribution in [0.4, 0.5) is 5.69 Å². The summed E-state index contributed by atoms with van der Waals surface area (Å²) >= 11 is 0. The summed E-state index contributed by atoms with van der Waals surface area (Å²) in [5.74, 6) is 0.226. The van der Waals surface area contributed by atoms with Gasteiger partial charge in [-0.1, -0.05) is 0 Å². The van der Waals surface area contributed by atoms with Crippen molar-refractivity contribution in [2.24, 2.45) is 0 Å². The molecular formula is C18H19NO3. The van der Waals surface area contributed by atoms with Crippen LogP contribution in [0.2, 0.25) is 0 Å². The average molecular weight is 297 g/mol. The van der Waals surface area contributed by atoms with Gasteiger partial charge in [-0.25, -0.2) is 0 Å². The van der Waals surface area contributed by atoms with Crippen molar-refractivity contribution < 1.29 is 14.3 Å². The summed E-state index contributed by atoms with van der Waals surface area (Å²) in [5.41, 5.74) is 2.32. The molecule has 2 aromatic rings. The maximum absolute atomic E-state index is 12.7. The normalized spacial score (nSPS) is 10.2. The topological polar surface area (TPSA) is 46.6 Å². The van der Waals surface area contributed by atoms with Crippen molar-refractivity contribution in [1.29, 1.82) is 0 Å². The van der Waals surface area contributed by atoms with Crippen molar-refractivity contribution >= 4 is 17.3 Å². The van der Waals surface area contributed by atoms with Crippen LogP contribution >= 0.6 is 0 Å². The van der Waals surface area contributed by atoms with Crippen LogP contribution in [0, 0.1) is 0 Å². The molecule has 0 radical (unpaired) electrons. The fourth-order valence-electron chi connectivity index (χ4n) is 2.21. The Balaban J connectivity index is 2.45. The maximum Gasteiger partial charge on any atom is 0.193 e. The number of carbonyl (C=O) groups is 2. The highest BCUT2D eigenvalue weighted by molar-refractivity contribution is 6.15. The number of ether oxygens (including phenoxy) is 1. The summed E-state index contributed by atoms with van der Waals surface area (Å²) in [6.45, 7) is 1.45. The summed E-state index contributed by atoms with van der Waals surface area (Å²) in [4.78, 5) is 26.4. The number of rotatable bonds is 5. The zero-order valence-electron chi connectivity index (χ0n) is 13.2. The van der Waals surface area contributed by atoms with Gasteiger partial charge < -0.3 is 9.64 Å². The largest absolute Gasteiger partial charge is 0.497 e. The van der Waals surface area contributed by atoms with Crippen molar-refractivity contribution in [3.8, 4) is 5.75 Å². The Kier molecular flexibility index (Phi) is 4.61. The highest BCUT2D eigenvalue weighted by Gasteiger charge is 2.17. The molecule has 2 rings (SSSR count). The van der Waals surface area contributed by atoms with Gasteiger partial charge in [0, 0.05) is 36.5 Å². The van der Waals surface area contributed by atoms with E-state index in [1.807, 2.05) is 31.1 Å². The summed E-state index contributed by atoms with van der Waals surface area (Å²) < 4.78 is 5.16. The third-order valence-corrected chi connectivity index (χ3v) is 3.50. The molecule has 22 heavy (non-hydrogen) atoms. The lowest BCUT2D eigenvalue weighted by atomic mass is 9.96. The monoisotopic (exact) mass is 297 g/mol. The van der Waals surface area contributed by atoms with Gasteiger partial charge in [-0.15, -0.1) is 0 Å². The van der Waals surface area contributed by atoms with E-state index in [2.05, 4.69) is 0 Å². The third kappa shape index (κ3) is 3.17. The van der Waals surface area contributed by atoms with Crippen LogP contribution in [-0.4, -0.2) is 32.8 Å². The van der Waals surface area contributed by atoms with Crippen molar-refractivity contribution in [3.05, 3.63) is 59.2 Å². The molecule has 0 saturated carbocycles. The van der Waals surface area contributed by atoms with E-state index in [4.69, 9.17) is 4.74 Å². The van der Waals surface area contributed by atoms with Gasteiger partial charge in [0.15, 0.2) is 11.6 Å². The Morgan fingerprint density at radius 1 is 0.955 bits per heavy atom. The molecule has 0 saturated heterocycles. The lowest BCUT2D eigenvalue weighted by Crippen LogP contribution is -2.11. The number of hydrogen-bond acceptors (Lipinski definition) is 4. The van der Waals surface area contributed by atoms with Crippen LogP contribution in [-0.2, 0) is 0 Å². The van der Waals surface area contributed by atoms with Crippen LogP contribution in [0.5, 0.6) is 5.75 Å². The molecule has 0 spiro atoms. The second kappa shape index (κ2) is 6.43. The van der Waals surface area contributed by atoms with E-state index in [1.165, 1.54) is 14.0 Å². The van der Waals surface area contributed by atoms with Crippen LogP contribution < -0.4 is 9.64 Å². The first-order valence-corrected chi connectivity index (χ1v) is 6.95. The minimum absolute atomic E-state index is 0.143. The first-order chi connectivity index (χ1) is 10.4. The number of carbonyl (C=O) groups excluding carboxylic acids is 2. The van der Waals surface area contributed by atoms with Gasteiger partial charge in [0.1, 0.15) is 5.75 Å². The van der Waals surface area contributed by atoms with E-state index < -0.39 is 0 Å². The summed E-state index contributed by atoms with van der Waals surface area (Å²) in [7, 11) is 5.41. The van der Waals surface area contributed by atoms with Gasteiger partial charge in [-0.2, -0.15) is 0 Å². The molecule has 114 valence electrons. The molecule has 0 aromatic heterocycles. The van der Waals surface area contributed by atoms with Crippen LogP contribution in [0.25, 0.3) is 0 Å². The van der Waals surface area contributed by atoms with Crippen LogP contribution in [0.1, 0.15) is 33.2 Å². The molecular weight excluding hydrogens is 278 g/mol. The number of anilines is 1. The minimum atomic E-state index is -0.186. The van der Waals surface area contributed by atoms with Crippen LogP contribution in [0.15, 0.2) is 42.5 Å². The fraction of sp³-hybridized carbons (Fsp3) is 0.222. The highest BCUT2D eigenvalue weighted by atomic mass is 16.5. The van der Waals surface area contributed by atoms with Gasteiger partial charge in [0.05, 0.1) is 7.11 Å². The molecule has 0 amide bonds. The van der Waals surface area contributed by atoms with Crippen molar-refractivity contribution in [3.63, 3.8) is 0 Å². The van der Waals surface area contributed by atoms with E-state index in [1.54, 1.807) is 30.3 Å². The summed E-state index contributed by atoms with van der Waals surface area (Å²) in [5, 5.41) is 0. The van der Waals surface area contributed by atoms with E-state index in [-0.39, 0.29) is 11.6 Å². The summed E-state index contributed by atoms with van der Waals surface area (Å²) in [6.07, 6.45) is 0. The molecule has 4 heteroatoms. The van der Waals surface area contributed by atoms with Crippen molar-refractivity contribution in [2.75, 3.05) is 26.1 Å². The predicted octanol–water partition coefficient (Wildman–Crippen LogP) is 3.19. The number of methoxy groups -OCH3 is 1. The Hall–Kier alpha value is -2.62. The van der Waals surface area contributed by atoms with Gasteiger partial charge in [-0.3, -0.25) is 9.59 Å². The molecule has 0 unspecified atom stereocenters. The minimum Gasteiger partial charge on any atom is -0.497 e. The second-order valence-corrected chi connectivity index (χ2v) is 5.24. The molecule has 0 aliphatic rings. The van der Waals surface area contributed by atoms with Gasteiger partial charge in [-0.05, 0) is 49.4 Å². The zero-order valence-corrected chi connectivity index (χ0v) is 13.2. The Bertz CT molecular complexity index is 703. The molecule has 0 N–H and O–H groups in total. The first-order valence-electron chi connectivity index (χ1n) is 6.95. The molecule has 0 fully saturated rings. The lowest BCUT2D eigenvalue weighted by Gasteiger charge is -2.13. The predicted molar refractivity (Wildman–Crippen MR) is 87.2 cm³/mol. The van der Waals surface area contributed by atoms with E-state index in [0.717, 1.165) is 5.69 Å². The number of Topliss-reactive ketones (excluding diaryl/α,β-unsaturated/α-hetero) is 1. The zero-order chi connectivity index (χ0) is 16.3. The van der Waals surface area contributed by atoms with Crippen molar-refractivity contribution in [1.82, 2.24) is 0 Å². The second-order valence-electron chi connectivity index (χ2n) is 5.24. The van der Waals surface area contributed by atoms with E-state index in [9.17, 15) is 9.59 Å². The SMILES string of the molecule is COc1ccc(C(C)=O)c(C(=O)c2ccc(N(C)C)cc2)c1. The number of nitrogens with zero attached hydrogens (tertiary/aromatic N) is 1. The maximum atomic E-state index is 12.7. The number of ketones is 2.